The quantitative estimate of drug-likeness (QED) is 0.483. The van der Waals surface area contributed by atoms with Gasteiger partial charge in [0.15, 0.2) is 11.5 Å². The fraction of sp³-hybridized carbons (Fsp3) is 0.250. The minimum atomic E-state index is -4.74. The van der Waals surface area contributed by atoms with Crippen LogP contribution in [0.25, 0.3) is 21.6 Å². The molecule has 144 valence electrons. The number of aromatic nitrogens is 3. The van der Waals surface area contributed by atoms with E-state index in [0.717, 1.165) is 6.07 Å². The first-order valence-electron chi connectivity index (χ1n) is 7.97. The molecule has 0 saturated heterocycles. The largest absolute Gasteiger partial charge is 0.464 e. The molecule has 0 radical (unpaired) electrons. The van der Waals surface area contributed by atoms with Gasteiger partial charge in [-0.1, -0.05) is 6.07 Å². The first-order chi connectivity index (χ1) is 13.3. The molecule has 8 nitrogen and oxygen atoms in total. The molecule has 4 heterocycles. The van der Waals surface area contributed by atoms with Crippen molar-refractivity contribution in [2.75, 3.05) is 6.61 Å². The molecule has 1 aliphatic rings. The molecule has 12 heteroatoms. The summed E-state index contributed by atoms with van der Waals surface area (Å²) in [4.78, 5) is 29.0. The van der Waals surface area contributed by atoms with Crippen molar-refractivity contribution in [3.63, 3.8) is 0 Å². The predicted molar refractivity (Wildman–Crippen MR) is 91.4 cm³/mol. The molecular formula is C16H10F3N5O3S. The van der Waals surface area contributed by atoms with Gasteiger partial charge < -0.3 is 4.74 Å². The first kappa shape index (κ1) is 18.2. The Morgan fingerprint density at radius 1 is 1.39 bits per heavy atom. The highest BCUT2D eigenvalue weighted by Gasteiger charge is 2.40. The molecule has 0 spiro atoms. The van der Waals surface area contributed by atoms with Gasteiger partial charge in [0.1, 0.15) is 0 Å². The molecule has 1 aliphatic heterocycles. The Morgan fingerprint density at radius 2 is 2.18 bits per heavy atom. The van der Waals surface area contributed by atoms with E-state index in [2.05, 4.69) is 20.3 Å². The lowest BCUT2D eigenvalue weighted by Gasteiger charge is -2.14. The van der Waals surface area contributed by atoms with E-state index in [0.29, 0.717) is 9.56 Å². The Bertz CT molecular complexity index is 1120. The summed E-state index contributed by atoms with van der Waals surface area (Å²) in [5.41, 5.74) is -1.29. The number of pyridine rings is 1. The Kier molecular flexibility index (Phi) is 4.22. The average Bonchev–Trinajstić information content (AvgIpc) is 3.28. The Hall–Kier alpha value is -3.15. The zero-order valence-electron chi connectivity index (χ0n) is 14.1. The molecule has 0 aliphatic carbocycles. The van der Waals surface area contributed by atoms with Crippen molar-refractivity contribution >= 4 is 40.1 Å². The molecule has 0 N–H and O–H groups in total. The van der Waals surface area contributed by atoms with Gasteiger partial charge in [0.25, 0.3) is 5.91 Å². The number of ether oxygens (including phenoxy) is 1. The van der Waals surface area contributed by atoms with Crippen LogP contribution in [-0.2, 0) is 15.7 Å². The van der Waals surface area contributed by atoms with E-state index in [1.165, 1.54) is 11.3 Å². The van der Waals surface area contributed by atoms with Crippen molar-refractivity contribution in [3.8, 4) is 10.6 Å². The normalized spacial score (nSPS) is 16.4. The molecule has 0 amide bonds. The molecule has 4 rings (SSSR count). The van der Waals surface area contributed by atoms with Crippen LogP contribution < -0.4 is 0 Å². The van der Waals surface area contributed by atoms with Gasteiger partial charge in [0, 0.05) is 0 Å². The number of azo groups is 1. The number of carbonyl (C=O) groups excluding carboxylic acids is 2. The second kappa shape index (κ2) is 6.48. The summed E-state index contributed by atoms with van der Waals surface area (Å²) in [5, 5.41) is 12.3. The molecule has 1 unspecified atom stereocenters. The van der Waals surface area contributed by atoms with Gasteiger partial charge >= 0.3 is 12.1 Å². The summed E-state index contributed by atoms with van der Waals surface area (Å²) in [5.74, 6) is -2.32. The summed E-state index contributed by atoms with van der Waals surface area (Å²) in [7, 11) is 0. The highest BCUT2D eigenvalue weighted by molar-refractivity contribution is 7.13. The Labute approximate surface area is 158 Å². The maximum Gasteiger partial charge on any atom is 0.417 e. The second-order valence-corrected chi connectivity index (χ2v) is 6.62. The van der Waals surface area contributed by atoms with Crippen LogP contribution in [0.2, 0.25) is 0 Å². The van der Waals surface area contributed by atoms with Crippen LogP contribution in [0.4, 0.5) is 19.0 Å². The van der Waals surface area contributed by atoms with Gasteiger partial charge in [-0.25, -0.2) is 9.78 Å². The number of esters is 1. The summed E-state index contributed by atoms with van der Waals surface area (Å²) < 4.78 is 46.5. The first-order valence-corrected chi connectivity index (χ1v) is 8.85. The van der Waals surface area contributed by atoms with Crippen molar-refractivity contribution in [2.24, 2.45) is 10.2 Å². The fourth-order valence-electron chi connectivity index (χ4n) is 2.74. The van der Waals surface area contributed by atoms with Gasteiger partial charge in [0.05, 0.1) is 28.1 Å². The SMILES string of the molecule is CCOC(=O)C1N=Nc2c3c(C(F)(F)F)cc(-c4cccs4)nc3nn2C1=O. The number of halogens is 3. The molecule has 3 aromatic rings. The second-order valence-electron chi connectivity index (χ2n) is 5.67. The molecule has 1 atom stereocenters. The van der Waals surface area contributed by atoms with Crippen LogP contribution in [0.1, 0.15) is 17.3 Å². The van der Waals surface area contributed by atoms with Crippen molar-refractivity contribution in [1.82, 2.24) is 14.8 Å². The highest BCUT2D eigenvalue weighted by Crippen LogP contribution is 2.42. The van der Waals surface area contributed by atoms with Gasteiger partial charge in [-0.05, 0) is 24.4 Å². The van der Waals surface area contributed by atoms with E-state index in [4.69, 9.17) is 4.74 Å². The number of carbonyl (C=O) groups is 2. The van der Waals surface area contributed by atoms with Crippen LogP contribution in [0.15, 0.2) is 33.8 Å². The van der Waals surface area contributed by atoms with Gasteiger partial charge in [-0.2, -0.15) is 23.0 Å². The third kappa shape index (κ3) is 2.85. The summed E-state index contributed by atoms with van der Waals surface area (Å²) in [6.45, 7) is 1.55. The lowest BCUT2D eigenvalue weighted by Crippen LogP contribution is -2.36. The number of rotatable bonds is 3. The Balaban J connectivity index is 1.93. The zero-order chi connectivity index (χ0) is 20.1. The molecule has 0 saturated carbocycles. The van der Waals surface area contributed by atoms with E-state index < -0.39 is 40.9 Å². The van der Waals surface area contributed by atoms with Crippen molar-refractivity contribution in [1.29, 1.82) is 0 Å². The standard InChI is InChI=1S/C16H10F3N5O3S/c1-2-27-15(26)11-14(25)24-13(22-21-11)10-7(16(17,18)19)6-8(20-12(10)23-24)9-4-3-5-28-9/h3-6,11H,2H2,1H3. The van der Waals surface area contributed by atoms with Gasteiger partial charge in [-0.3, -0.25) is 4.79 Å². The van der Waals surface area contributed by atoms with E-state index >= 15 is 0 Å². The number of nitrogens with zero attached hydrogens (tertiary/aromatic N) is 5. The van der Waals surface area contributed by atoms with Crippen molar-refractivity contribution in [3.05, 3.63) is 29.1 Å². The molecular weight excluding hydrogens is 399 g/mol. The van der Waals surface area contributed by atoms with E-state index in [1.54, 1.807) is 24.4 Å². The van der Waals surface area contributed by atoms with Crippen LogP contribution in [0.5, 0.6) is 0 Å². The Morgan fingerprint density at radius 3 is 2.82 bits per heavy atom. The summed E-state index contributed by atoms with van der Waals surface area (Å²) in [6, 6.07) is 2.57. The zero-order valence-corrected chi connectivity index (χ0v) is 14.9. The van der Waals surface area contributed by atoms with Crippen LogP contribution in [0.3, 0.4) is 0 Å². The lowest BCUT2D eigenvalue weighted by molar-refractivity contribution is -0.143. The predicted octanol–water partition coefficient (Wildman–Crippen LogP) is 3.85. The molecule has 0 fully saturated rings. The van der Waals surface area contributed by atoms with E-state index in [1.807, 2.05) is 0 Å². The number of hydrogen-bond acceptors (Lipinski definition) is 8. The van der Waals surface area contributed by atoms with Gasteiger partial charge in [0.2, 0.25) is 6.04 Å². The van der Waals surface area contributed by atoms with Crippen molar-refractivity contribution < 1.29 is 27.5 Å². The number of thiophene rings is 1. The lowest BCUT2D eigenvalue weighted by atomic mass is 10.1. The van der Waals surface area contributed by atoms with Crippen molar-refractivity contribution in [2.45, 2.75) is 19.1 Å². The maximum atomic E-state index is 13.7. The minimum Gasteiger partial charge on any atom is -0.464 e. The van der Waals surface area contributed by atoms with Crippen LogP contribution in [-0.4, -0.2) is 39.3 Å². The highest BCUT2D eigenvalue weighted by atomic mass is 32.1. The molecule has 0 bridgehead atoms. The third-order valence-corrected chi connectivity index (χ3v) is 4.81. The van der Waals surface area contributed by atoms with Crippen LogP contribution in [0, 0.1) is 0 Å². The maximum absolute atomic E-state index is 13.7. The average molecular weight is 409 g/mol. The van der Waals surface area contributed by atoms with E-state index in [9.17, 15) is 22.8 Å². The smallest absolute Gasteiger partial charge is 0.417 e. The molecule has 3 aromatic heterocycles. The molecule has 28 heavy (non-hydrogen) atoms. The summed E-state index contributed by atoms with van der Waals surface area (Å²) in [6.07, 6.45) is -4.74. The monoisotopic (exact) mass is 409 g/mol. The van der Waals surface area contributed by atoms with Gasteiger partial charge in [-0.15, -0.1) is 21.5 Å². The summed E-state index contributed by atoms with van der Waals surface area (Å²) >= 11 is 1.21. The number of hydrogen-bond donors (Lipinski definition) is 0. The van der Waals surface area contributed by atoms with E-state index in [-0.39, 0.29) is 17.9 Å². The number of alkyl halides is 3. The molecule has 0 aromatic carbocycles. The van der Waals surface area contributed by atoms with Crippen LogP contribution >= 0.6 is 11.3 Å². The fourth-order valence-corrected chi connectivity index (χ4v) is 3.43. The minimum absolute atomic E-state index is 0.00994. The third-order valence-electron chi connectivity index (χ3n) is 3.92. The number of fused-ring (bicyclic) bond motifs is 3. The topological polar surface area (TPSA) is 98.8 Å².